The molecule has 0 spiro atoms. The number of ether oxygens (including phenoxy) is 1. The van der Waals surface area contributed by atoms with Crippen LogP contribution in [0.2, 0.25) is 0 Å². The van der Waals surface area contributed by atoms with E-state index in [9.17, 15) is 0 Å². The second-order valence-corrected chi connectivity index (χ2v) is 3.67. The highest BCUT2D eigenvalue weighted by Crippen LogP contribution is 2.20. The van der Waals surface area contributed by atoms with Crippen LogP contribution in [0.1, 0.15) is 37.9 Å². The molecule has 0 heterocycles. The van der Waals surface area contributed by atoms with E-state index in [1.54, 1.807) is 0 Å². The molecule has 0 radical (unpaired) electrons. The van der Waals surface area contributed by atoms with Crippen molar-refractivity contribution in [1.29, 1.82) is 0 Å². The van der Waals surface area contributed by atoms with Crippen molar-refractivity contribution in [3.05, 3.63) is 35.9 Å². The van der Waals surface area contributed by atoms with E-state index in [0.29, 0.717) is 0 Å². The first kappa shape index (κ1) is 12.2. The summed E-state index contributed by atoms with van der Waals surface area (Å²) in [6.07, 6.45) is 3.36. The smallest absolute Gasteiger partial charge is 0.0822 e. The molecule has 0 bridgehead atoms. The highest BCUT2D eigenvalue weighted by molar-refractivity contribution is 5.17. The monoisotopic (exact) mass is 207 g/mol. The zero-order valence-electron chi connectivity index (χ0n) is 9.49. The third-order valence-electron chi connectivity index (χ3n) is 2.46. The molecule has 1 aromatic carbocycles. The Hall–Kier alpha value is -0.860. The van der Waals surface area contributed by atoms with Crippen LogP contribution in [0.25, 0.3) is 0 Å². The highest BCUT2D eigenvalue weighted by Gasteiger charge is 2.07. The van der Waals surface area contributed by atoms with Crippen LogP contribution in [0.15, 0.2) is 30.3 Å². The van der Waals surface area contributed by atoms with E-state index >= 15 is 0 Å². The van der Waals surface area contributed by atoms with Crippen LogP contribution in [0.5, 0.6) is 0 Å². The van der Waals surface area contributed by atoms with Crippen LogP contribution >= 0.6 is 0 Å². The second kappa shape index (κ2) is 7.43. The van der Waals surface area contributed by atoms with Crippen molar-refractivity contribution >= 4 is 0 Å². The minimum Gasteiger partial charge on any atom is -0.374 e. The van der Waals surface area contributed by atoms with Crippen molar-refractivity contribution in [3.63, 3.8) is 0 Å². The quantitative estimate of drug-likeness (QED) is 0.698. The molecule has 1 aromatic rings. The largest absolute Gasteiger partial charge is 0.374 e. The fourth-order valence-electron chi connectivity index (χ4n) is 1.59. The molecule has 2 heteroatoms. The van der Waals surface area contributed by atoms with Gasteiger partial charge in [0.15, 0.2) is 0 Å². The van der Waals surface area contributed by atoms with Crippen LogP contribution < -0.4 is 5.73 Å². The fraction of sp³-hybridized carbons (Fsp3) is 0.538. The summed E-state index contributed by atoms with van der Waals surface area (Å²) in [6.45, 7) is 3.72. The average Bonchev–Trinajstić information content (AvgIpc) is 2.30. The Bertz CT molecular complexity index is 248. The van der Waals surface area contributed by atoms with Crippen LogP contribution in [-0.2, 0) is 4.74 Å². The normalized spacial score (nSPS) is 12.7. The van der Waals surface area contributed by atoms with E-state index < -0.39 is 0 Å². The van der Waals surface area contributed by atoms with Crippen molar-refractivity contribution in [2.24, 2.45) is 5.73 Å². The van der Waals surface area contributed by atoms with E-state index in [2.05, 4.69) is 31.2 Å². The van der Waals surface area contributed by atoms with Crippen molar-refractivity contribution in [3.8, 4) is 0 Å². The molecule has 1 rings (SSSR count). The maximum absolute atomic E-state index is 5.82. The molecule has 2 N–H and O–H groups in total. The molecule has 0 aliphatic carbocycles. The fourth-order valence-corrected chi connectivity index (χ4v) is 1.59. The molecule has 0 fully saturated rings. The van der Waals surface area contributed by atoms with Gasteiger partial charge in [-0.05, 0) is 31.4 Å². The van der Waals surface area contributed by atoms with E-state index in [1.807, 2.05) is 6.07 Å². The summed E-state index contributed by atoms with van der Waals surface area (Å²) >= 11 is 0. The molecular formula is C13H21NO. The molecule has 0 saturated heterocycles. The van der Waals surface area contributed by atoms with Gasteiger partial charge in [-0.1, -0.05) is 37.3 Å². The molecule has 0 amide bonds. The summed E-state index contributed by atoms with van der Waals surface area (Å²) in [5.74, 6) is 0. The van der Waals surface area contributed by atoms with E-state index in [-0.39, 0.29) is 6.10 Å². The molecule has 0 aliphatic rings. The predicted molar refractivity (Wildman–Crippen MR) is 63.7 cm³/mol. The molecule has 2 nitrogen and oxygen atoms in total. The third kappa shape index (κ3) is 4.45. The van der Waals surface area contributed by atoms with Crippen LogP contribution in [0.4, 0.5) is 0 Å². The first-order valence-electron chi connectivity index (χ1n) is 5.75. The number of hydrogen-bond donors (Lipinski definition) is 1. The SMILES string of the molecule is CCC(OCCCCN)c1ccccc1. The van der Waals surface area contributed by atoms with Gasteiger partial charge in [-0.25, -0.2) is 0 Å². The van der Waals surface area contributed by atoms with Gasteiger partial charge < -0.3 is 10.5 Å². The van der Waals surface area contributed by atoms with Gasteiger partial charge in [0, 0.05) is 6.61 Å². The van der Waals surface area contributed by atoms with E-state index in [1.165, 1.54) is 5.56 Å². The Kier molecular flexibility index (Phi) is 6.05. The third-order valence-corrected chi connectivity index (χ3v) is 2.46. The lowest BCUT2D eigenvalue weighted by atomic mass is 10.1. The molecule has 0 saturated carbocycles. The van der Waals surface area contributed by atoms with E-state index in [4.69, 9.17) is 10.5 Å². The van der Waals surface area contributed by atoms with Crippen LogP contribution in [0, 0.1) is 0 Å². The minimum absolute atomic E-state index is 0.240. The van der Waals surface area contributed by atoms with Crippen molar-refractivity contribution in [1.82, 2.24) is 0 Å². The summed E-state index contributed by atoms with van der Waals surface area (Å²) in [5, 5.41) is 0. The Balaban J connectivity index is 2.36. The zero-order valence-corrected chi connectivity index (χ0v) is 9.49. The molecule has 1 atom stereocenters. The lowest BCUT2D eigenvalue weighted by Gasteiger charge is -2.16. The van der Waals surface area contributed by atoms with Gasteiger partial charge in [-0.2, -0.15) is 0 Å². The van der Waals surface area contributed by atoms with Crippen molar-refractivity contribution in [2.75, 3.05) is 13.2 Å². The molecule has 1 unspecified atom stereocenters. The van der Waals surface area contributed by atoms with Gasteiger partial charge in [0.1, 0.15) is 0 Å². The first-order valence-corrected chi connectivity index (χ1v) is 5.75. The summed E-state index contributed by atoms with van der Waals surface area (Å²) in [4.78, 5) is 0. The predicted octanol–water partition coefficient (Wildman–Crippen LogP) is 2.89. The molecule has 0 aliphatic heterocycles. The Morgan fingerprint density at radius 3 is 2.53 bits per heavy atom. The maximum atomic E-state index is 5.82. The Labute approximate surface area is 92.4 Å². The molecular weight excluding hydrogens is 186 g/mol. The molecule has 84 valence electrons. The van der Waals surface area contributed by atoms with Gasteiger partial charge in [0.05, 0.1) is 6.10 Å². The van der Waals surface area contributed by atoms with Gasteiger partial charge in [0.25, 0.3) is 0 Å². The summed E-state index contributed by atoms with van der Waals surface area (Å²) < 4.78 is 5.82. The average molecular weight is 207 g/mol. The molecule has 0 aromatic heterocycles. The summed E-state index contributed by atoms with van der Waals surface area (Å²) in [7, 11) is 0. The standard InChI is InChI=1S/C13H21NO/c1-2-13(15-11-7-6-10-14)12-8-4-3-5-9-12/h3-5,8-9,13H,2,6-7,10-11,14H2,1H3. The van der Waals surface area contributed by atoms with Crippen LogP contribution in [-0.4, -0.2) is 13.2 Å². The van der Waals surface area contributed by atoms with E-state index in [0.717, 1.165) is 32.4 Å². The number of nitrogens with two attached hydrogens (primary N) is 1. The van der Waals surface area contributed by atoms with Crippen molar-refractivity contribution in [2.45, 2.75) is 32.3 Å². The summed E-state index contributed by atoms with van der Waals surface area (Å²) in [5.41, 5.74) is 6.70. The molecule has 15 heavy (non-hydrogen) atoms. The maximum Gasteiger partial charge on any atom is 0.0822 e. The topological polar surface area (TPSA) is 35.2 Å². The number of hydrogen-bond acceptors (Lipinski definition) is 2. The van der Waals surface area contributed by atoms with Gasteiger partial charge in [-0.15, -0.1) is 0 Å². The van der Waals surface area contributed by atoms with Crippen molar-refractivity contribution < 1.29 is 4.74 Å². The Morgan fingerprint density at radius 2 is 1.93 bits per heavy atom. The minimum atomic E-state index is 0.240. The number of benzene rings is 1. The lowest BCUT2D eigenvalue weighted by Crippen LogP contribution is -2.06. The first-order chi connectivity index (χ1) is 7.38. The van der Waals surface area contributed by atoms with Crippen LogP contribution in [0.3, 0.4) is 0 Å². The summed E-state index contributed by atoms with van der Waals surface area (Å²) in [6, 6.07) is 10.4. The zero-order chi connectivity index (χ0) is 10.9. The number of rotatable bonds is 7. The van der Waals surface area contributed by atoms with Gasteiger partial charge >= 0.3 is 0 Å². The van der Waals surface area contributed by atoms with Gasteiger partial charge in [-0.3, -0.25) is 0 Å². The highest BCUT2D eigenvalue weighted by atomic mass is 16.5. The van der Waals surface area contributed by atoms with Gasteiger partial charge in [0.2, 0.25) is 0 Å². The second-order valence-electron chi connectivity index (χ2n) is 3.67. The Morgan fingerprint density at radius 1 is 1.20 bits per heavy atom. The number of unbranched alkanes of at least 4 members (excludes halogenated alkanes) is 1. The lowest BCUT2D eigenvalue weighted by molar-refractivity contribution is 0.0478.